The van der Waals surface area contributed by atoms with E-state index in [-0.39, 0.29) is 0 Å². The molecule has 0 amide bonds. The molecular formula is C20H42N2. The van der Waals surface area contributed by atoms with E-state index in [2.05, 4.69) is 46.2 Å². The van der Waals surface area contributed by atoms with Gasteiger partial charge in [0.05, 0.1) is 0 Å². The van der Waals surface area contributed by atoms with Gasteiger partial charge in [0.2, 0.25) is 0 Å². The largest absolute Gasteiger partial charge is 0.331 e. The number of hydrogen-bond donors (Lipinski definition) is 1. The molecule has 0 bridgehead atoms. The first-order chi connectivity index (χ1) is 10.4. The summed E-state index contributed by atoms with van der Waals surface area (Å²) in [5.41, 5.74) is 7.07. The molecule has 0 saturated heterocycles. The Morgan fingerprint density at radius 3 is 1.82 bits per heavy atom. The molecule has 0 rings (SSSR count). The summed E-state index contributed by atoms with van der Waals surface area (Å²) in [7, 11) is 0. The second-order valence-electron chi connectivity index (χ2n) is 5.87. The van der Waals surface area contributed by atoms with Crippen LogP contribution in [0.5, 0.6) is 0 Å². The molecule has 0 aliphatic heterocycles. The van der Waals surface area contributed by atoms with Crippen LogP contribution in [0, 0.1) is 5.92 Å². The fraction of sp³-hybridized carbons (Fsp3) is 0.750. The predicted molar refractivity (Wildman–Crippen MR) is 106 cm³/mol. The van der Waals surface area contributed by atoms with Crippen LogP contribution in [0.25, 0.3) is 0 Å². The van der Waals surface area contributed by atoms with Crippen LogP contribution in [0.2, 0.25) is 0 Å². The molecule has 132 valence electrons. The van der Waals surface area contributed by atoms with Crippen molar-refractivity contribution in [1.29, 1.82) is 0 Å². The third kappa shape index (κ3) is 31.5. The van der Waals surface area contributed by atoms with E-state index in [9.17, 15) is 0 Å². The standard InChI is InChI=1S/C10H17N.C8H18.C2H7N/c1-5-6-10(4)7-8-11-9(2)3;1-4-6-8(3)7-5-2;1-2-3/h7-8H,2,5-6H2,1,3-4H3;8H,4-7H2,1-3H3;2-3H2,1H3/b10-7+,11-8?;;. The van der Waals surface area contributed by atoms with Gasteiger partial charge in [-0.3, -0.25) is 4.99 Å². The maximum Gasteiger partial charge on any atom is 0.0300 e. The molecule has 0 aromatic heterocycles. The van der Waals surface area contributed by atoms with Crippen LogP contribution in [0.1, 0.15) is 87.0 Å². The molecule has 0 radical (unpaired) electrons. The van der Waals surface area contributed by atoms with E-state index in [0.29, 0.717) is 0 Å². The molecule has 0 saturated carbocycles. The van der Waals surface area contributed by atoms with E-state index in [4.69, 9.17) is 5.73 Å². The zero-order valence-corrected chi connectivity index (χ0v) is 16.4. The van der Waals surface area contributed by atoms with Crippen LogP contribution in [0.3, 0.4) is 0 Å². The molecule has 0 aromatic carbocycles. The van der Waals surface area contributed by atoms with Gasteiger partial charge >= 0.3 is 0 Å². The predicted octanol–water partition coefficient (Wildman–Crippen LogP) is 6.52. The highest BCUT2D eigenvalue weighted by Gasteiger charge is 1.95. The summed E-state index contributed by atoms with van der Waals surface area (Å²) in [4.78, 5) is 4.05. The smallest absolute Gasteiger partial charge is 0.0300 e. The Hall–Kier alpha value is -0.890. The Labute approximate surface area is 141 Å². The van der Waals surface area contributed by atoms with Gasteiger partial charge in [-0.1, -0.05) is 78.9 Å². The van der Waals surface area contributed by atoms with Gasteiger partial charge in [-0.25, -0.2) is 0 Å². The lowest BCUT2D eigenvalue weighted by atomic mass is 10.0. The van der Waals surface area contributed by atoms with Crippen molar-refractivity contribution in [2.24, 2.45) is 16.6 Å². The monoisotopic (exact) mass is 310 g/mol. The van der Waals surface area contributed by atoms with Gasteiger partial charge < -0.3 is 5.73 Å². The third-order valence-corrected chi connectivity index (χ3v) is 2.86. The molecule has 0 aliphatic carbocycles. The first kappa shape index (κ1) is 26.0. The number of aliphatic imine (C=N–C) groups is 1. The summed E-state index contributed by atoms with van der Waals surface area (Å²) >= 11 is 0. The Bertz CT molecular complexity index is 271. The second kappa shape index (κ2) is 22.4. The summed E-state index contributed by atoms with van der Waals surface area (Å²) in [5, 5.41) is 0. The van der Waals surface area contributed by atoms with Crippen molar-refractivity contribution in [3.8, 4) is 0 Å². The summed E-state index contributed by atoms with van der Waals surface area (Å²) < 4.78 is 0. The van der Waals surface area contributed by atoms with Crippen LogP contribution in [0.4, 0.5) is 0 Å². The van der Waals surface area contributed by atoms with Crippen LogP contribution >= 0.6 is 0 Å². The molecule has 0 atom stereocenters. The van der Waals surface area contributed by atoms with E-state index in [1.807, 2.05) is 26.1 Å². The van der Waals surface area contributed by atoms with Crippen molar-refractivity contribution in [2.75, 3.05) is 6.54 Å². The van der Waals surface area contributed by atoms with Crippen molar-refractivity contribution in [2.45, 2.75) is 87.0 Å². The highest BCUT2D eigenvalue weighted by Crippen LogP contribution is 2.10. The number of nitrogens with zero attached hydrogens (tertiary/aromatic N) is 1. The molecule has 0 spiro atoms. The first-order valence-electron chi connectivity index (χ1n) is 8.94. The lowest BCUT2D eigenvalue weighted by Gasteiger charge is -2.05. The Balaban J connectivity index is -0.000000288. The van der Waals surface area contributed by atoms with Crippen molar-refractivity contribution in [3.63, 3.8) is 0 Å². The molecule has 22 heavy (non-hydrogen) atoms. The van der Waals surface area contributed by atoms with E-state index < -0.39 is 0 Å². The maximum absolute atomic E-state index is 4.85. The quantitative estimate of drug-likeness (QED) is 0.509. The average molecular weight is 311 g/mol. The van der Waals surface area contributed by atoms with Crippen LogP contribution < -0.4 is 5.73 Å². The van der Waals surface area contributed by atoms with Crippen molar-refractivity contribution >= 4 is 6.21 Å². The van der Waals surface area contributed by atoms with Crippen molar-refractivity contribution in [3.05, 3.63) is 23.9 Å². The first-order valence-corrected chi connectivity index (χ1v) is 8.94. The maximum atomic E-state index is 4.85. The number of hydrogen-bond acceptors (Lipinski definition) is 2. The van der Waals surface area contributed by atoms with Crippen molar-refractivity contribution < 1.29 is 0 Å². The lowest BCUT2D eigenvalue weighted by molar-refractivity contribution is 0.480. The van der Waals surface area contributed by atoms with Gasteiger partial charge in [0.25, 0.3) is 0 Å². The summed E-state index contributed by atoms with van der Waals surface area (Å²) in [6.45, 7) is 19.4. The molecule has 0 aliphatic rings. The Morgan fingerprint density at radius 1 is 1.05 bits per heavy atom. The molecule has 0 heterocycles. The van der Waals surface area contributed by atoms with Gasteiger partial charge in [-0.15, -0.1) is 0 Å². The minimum atomic E-state index is 0.750. The van der Waals surface area contributed by atoms with Crippen LogP contribution in [-0.4, -0.2) is 12.8 Å². The fourth-order valence-corrected chi connectivity index (χ4v) is 1.90. The minimum absolute atomic E-state index is 0.750. The molecule has 0 aromatic rings. The zero-order chi connectivity index (χ0) is 17.8. The lowest BCUT2D eigenvalue weighted by Crippen LogP contribution is -1.91. The molecule has 0 fully saturated rings. The highest BCUT2D eigenvalue weighted by atomic mass is 14.7. The SMILES string of the molecule is C=C(C)N=C/C=C(\C)CCC.CCCC(C)CCC.CCN. The van der Waals surface area contributed by atoms with Gasteiger partial charge in [-0.05, 0) is 38.8 Å². The Kier molecular flexibility index (Phi) is 26.5. The zero-order valence-electron chi connectivity index (χ0n) is 16.4. The number of allylic oxidation sites excluding steroid dienone is 3. The van der Waals surface area contributed by atoms with Crippen LogP contribution in [-0.2, 0) is 0 Å². The number of nitrogens with two attached hydrogens (primary N) is 1. The molecule has 2 N–H and O–H groups in total. The van der Waals surface area contributed by atoms with Gasteiger partial charge in [0.1, 0.15) is 0 Å². The minimum Gasteiger partial charge on any atom is -0.331 e. The van der Waals surface area contributed by atoms with Crippen molar-refractivity contribution in [1.82, 2.24) is 0 Å². The normalized spacial score (nSPS) is 10.9. The van der Waals surface area contributed by atoms with E-state index in [0.717, 1.165) is 24.6 Å². The third-order valence-electron chi connectivity index (χ3n) is 2.86. The van der Waals surface area contributed by atoms with E-state index in [1.165, 1.54) is 37.7 Å². The number of rotatable bonds is 8. The average Bonchev–Trinajstić information content (AvgIpc) is 2.41. The summed E-state index contributed by atoms with van der Waals surface area (Å²) in [6, 6.07) is 0. The molecule has 2 heteroatoms. The summed E-state index contributed by atoms with van der Waals surface area (Å²) in [6.07, 6.45) is 11.7. The fourth-order valence-electron chi connectivity index (χ4n) is 1.90. The molecule has 0 unspecified atom stereocenters. The topological polar surface area (TPSA) is 38.4 Å². The van der Waals surface area contributed by atoms with Gasteiger partial charge in [0.15, 0.2) is 0 Å². The molecular weight excluding hydrogens is 268 g/mol. The van der Waals surface area contributed by atoms with Gasteiger partial charge in [-0.2, -0.15) is 0 Å². The van der Waals surface area contributed by atoms with E-state index in [1.54, 1.807) is 0 Å². The molecule has 2 nitrogen and oxygen atoms in total. The highest BCUT2D eigenvalue weighted by molar-refractivity contribution is 5.72. The van der Waals surface area contributed by atoms with Crippen LogP contribution in [0.15, 0.2) is 28.9 Å². The second-order valence-corrected chi connectivity index (χ2v) is 5.87. The Morgan fingerprint density at radius 2 is 1.50 bits per heavy atom. The summed E-state index contributed by atoms with van der Waals surface area (Å²) in [5.74, 6) is 0.963. The van der Waals surface area contributed by atoms with E-state index >= 15 is 0 Å². The van der Waals surface area contributed by atoms with Gasteiger partial charge in [0, 0.05) is 11.9 Å².